The van der Waals surface area contributed by atoms with Gasteiger partial charge < -0.3 is 14.8 Å². The summed E-state index contributed by atoms with van der Waals surface area (Å²) in [7, 11) is 3.00. The quantitative estimate of drug-likeness (QED) is 0.466. The molecule has 0 aliphatic carbocycles. The van der Waals surface area contributed by atoms with Crippen LogP contribution in [-0.2, 0) is 16.1 Å². The molecule has 1 aromatic carbocycles. The third-order valence-electron chi connectivity index (χ3n) is 2.34. The predicted octanol–water partition coefficient (Wildman–Crippen LogP) is 2.41. The van der Waals surface area contributed by atoms with E-state index in [-0.39, 0.29) is 9.89 Å². The minimum atomic E-state index is -0.235. The molecule has 0 saturated carbocycles. The summed E-state index contributed by atoms with van der Waals surface area (Å²) >= 11 is 7.97. The largest absolute Gasteiger partial charge is 0.496 e. The second kappa shape index (κ2) is 7.81. The minimum absolute atomic E-state index is 0.210. The highest BCUT2D eigenvalue weighted by Gasteiger charge is 2.14. The zero-order valence-corrected chi connectivity index (χ0v) is 13.1. The Hall–Kier alpha value is -0.530. The van der Waals surface area contributed by atoms with Gasteiger partial charge in [-0.05, 0) is 18.2 Å². The Morgan fingerprint density at radius 3 is 2.83 bits per heavy atom. The molecule has 18 heavy (non-hydrogen) atoms. The lowest BCUT2D eigenvalue weighted by Crippen LogP contribution is -2.29. The Morgan fingerprint density at radius 1 is 1.50 bits per heavy atom. The van der Waals surface area contributed by atoms with Crippen molar-refractivity contribution in [2.75, 3.05) is 20.8 Å². The van der Waals surface area contributed by atoms with Gasteiger partial charge in [0.15, 0.2) is 0 Å². The van der Waals surface area contributed by atoms with E-state index in [1.54, 1.807) is 13.2 Å². The van der Waals surface area contributed by atoms with Crippen molar-refractivity contribution in [1.82, 2.24) is 5.32 Å². The van der Waals surface area contributed by atoms with E-state index in [4.69, 9.17) is 16.3 Å². The van der Waals surface area contributed by atoms with Crippen LogP contribution in [0.15, 0.2) is 18.2 Å². The minimum Gasteiger partial charge on any atom is -0.496 e. The van der Waals surface area contributed by atoms with Crippen LogP contribution in [-0.4, -0.2) is 30.7 Å². The third-order valence-corrected chi connectivity index (χ3v) is 3.52. The Morgan fingerprint density at radius 2 is 2.22 bits per heavy atom. The van der Waals surface area contributed by atoms with Gasteiger partial charge in [0.25, 0.3) is 0 Å². The summed E-state index contributed by atoms with van der Waals surface area (Å²) in [5, 5.41) is 3.83. The van der Waals surface area contributed by atoms with E-state index in [0.717, 1.165) is 11.3 Å². The molecule has 0 amide bonds. The molecule has 1 rings (SSSR count). The maximum absolute atomic E-state index is 11.2. The summed E-state index contributed by atoms with van der Waals surface area (Å²) in [6.45, 7) is 1.11. The molecule has 6 heteroatoms. The number of benzene rings is 1. The molecule has 0 heterocycles. The van der Waals surface area contributed by atoms with Crippen molar-refractivity contribution in [1.29, 1.82) is 0 Å². The molecule has 1 aromatic rings. The molecule has 0 fully saturated rings. The molecule has 100 valence electrons. The highest BCUT2D eigenvalue weighted by atomic mass is 127. The van der Waals surface area contributed by atoms with E-state index in [1.807, 2.05) is 34.7 Å². The van der Waals surface area contributed by atoms with Gasteiger partial charge in [-0.25, -0.2) is 0 Å². The summed E-state index contributed by atoms with van der Waals surface area (Å²) in [6.07, 6.45) is 0. The van der Waals surface area contributed by atoms with Crippen LogP contribution >= 0.6 is 34.2 Å². The topological polar surface area (TPSA) is 47.6 Å². The predicted molar refractivity (Wildman–Crippen MR) is 79.5 cm³/mol. The number of nitrogens with one attached hydrogen (secondary N) is 1. The Kier molecular flexibility index (Phi) is 6.73. The van der Waals surface area contributed by atoms with Gasteiger partial charge >= 0.3 is 5.97 Å². The molecule has 1 unspecified atom stereocenters. The number of halogens is 2. The van der Waals surface area contributed by atoms with Crippen LogP contribution in [0, 0.1) is 0 Å². The lowest BCUT2D eigenvalue weighted by atomic mass is 10.2. The Balaban J connectivity index is 2.53. The van der Waals surface area contributed by atoms with Crippen molar-refractivity contribution < 1.29 is 14.3 Å². The fraction of sp³-hybridized carbons (Fsp3) is 0.417. The molecule has 0 radical (unpaired) electrons. The standard InChI is InChI=1S/C12H15ClINO3/c1-17-11-4-3-9(13)5-8(11)6-15-7-10(14)12(16)18-2/h3-5,10,15H,6-7H2,1-2H3. The Bertz CT molecular complexity index is 414. The van der Waals surface area contributed by atoms with Crippen LogP contribution in [0.2, 0.25) is 5.02 Å². The molecular formula is C12H15ClINO3. The summed E-state index contributed by atoms with van der Waals surface area (Å²) in [5.74, 6) is 0.538. The van der Waals surface area contributed by atoms with E-state index in [1.165, 1.54) is 7.11 Å². The van der Waals surface area contributed by atoms with Gasteiger partial charge in [-0.2, -0.15) is 0 Å². The molecular weight excluding hydrogens is 368 g/mol. The first-order chi connectivity index (χ1) is 8.58. The van der Waals surface area contributed by atoms with Crippen molar-refractivity contribution in [2.45, 2.75) is 10.5 Å². The van der Waals surface area contributed by atoms with E-state index in [2.05, 4.69) is 10.1 Å². The molecule has 1 N–H and O–H groups in total. The average Bonchev–Trinajstić information content (AvgIpc) is 2.38. The number of methoxy groups -OCH3 is 2. The number of ether oxygens (including phenoxy) is 2. The zero-order valence-electron chi connectivity index (χ0n) is 10.2. The summed E-state index contributed by atoms with van der Waals surface area (Å²) in [6, 6.07) is 5.44. The summed E-state index contributed by atoms with van der Waals surface area (Å²) < 4.78 is 9.67. The van der Waals surface area contributed by atoms with Crippen LogP contribution in [0.3, 0.4) is 0 Å². The second-order valence-corrected chi connectivity index (χ2v) is 5.52. The average molecular weight is 384 g/mol. The van der Waals surface area contributed by atoms with Crippen LogP contribution in [0.25, 0.3) is 0 Å². The van der Waals surface area contributed by atoms with Gasteiger partial charge in [-0.15, -0.1) is 0 Å². The lowest BCUT2D eigenvalue weighted by molar-refractivity contribution is -0.139. The van der Waals surface area contributed by atoms with Crippen molar-refractivity contribution in [3.8, 4) is 5.75 Å². The first kappa shape index (κ1) is 15.5. The molecule has 0 aliphatic heterocycles. The van der Waals surface area contributed by atoms with Gasteiger partial charge in [0.2, 0.25) is 0 Å². The molecule has 0 aliphatic rings. The van der Waals surface area contributed by atoms with E-state index >= 15 is 0 Å². The molecule has 0 spiro atoms. The zero-order chi connectivity index (χ0) is 13.5. The monoisotopic (exact) mass is 383 g/mol. The van der Waals surface area contributed by atoms with Gasteiger partial charge in [-0.1, -0.05) is 34.2 Å². The normalized spacial score (nSPS) is 12.0. The number of carbonyl (C=O) groups excluding carboxylic acids is 1. The van der Waals surface area contributed by atoms with Crippen molar-refractivity contribution >= 4 is 40.2 Å². The van der Waals surface area contributed by atoms with Gasteiger partial charge in [0.1, 0.15) is 9.67 Å². The van der Waals surface area contributed by atoms with Crippen molar-refractivity contribution in [3.05, 3.63) is 28.8 Å². The fourth-order valence-corrected chi connectivity index (χ4v) is 2.19. The number of hydrogen-bond acceptors (Lipinski definition) is 4. The molecule has 0 saturated heterocycles. The van der Waals surface area contributed by atoms with Gasteiger partial charge in [0, 0.05) is 23.7 Å². The molecule has 0 bridgehead atoms. The maximum Gasteiger partial charge on any atom is 0.319 e. The molecule has 1 atom stereocenters. The van der Waals surface area contributed by atoms with Crippen molar-refractivity contribution in [3.63, 3.8) is 0 Å². The van der Waals surface area contributed by atoms with Crippen molar-refractivity contribution in [2.24, 2.45) is 0 Å². The van der Waals surface area contributed by atoms with E-state index < -0.39 is 0 Å². The smallest absolute Gasteiger partial charge is 0.319 e. The van der Waals surface area contributed by atoms with Gasteiger partial charge in [-0.3, -0.25) is 4.79 Å². The third kappa shape index (κ3) is 4.62. The van der Waals surface area contributed by atoms with Crippen LogP contribution in [0.5, 0.6) is 5.75 Å². The number of rotatable bonds is 6. The second-order valence-electron chi connectivity index (χ2n) is 3.58. The summed E-state index contributed by atoms with van der Waals surface area (Å²) in [4.78, 5) is 11.2. The number of hydrogen-bond donors (Lipinski definition) is 1. The van der Waals surface area contributed by atoms with Crippen LogP contribution in [0.1, 0.15) is 5.56 Å². The lowest BCUT2D eigenvalue weighted by Gasteiger charge is -2.12. The van der Waals surface area contributed by atoms with Gasteiger partial charge in [0.05, 0.1) is 14.2 Å². The SMILES string of the molecule is COC(=O)C(I)CNCc1cc(Cl)ccc1OC. The molecule has 0 aromatic heterocycles. The fourth-order valence-electron chi connectivity index (χ4n) is 1.43. The maximum atomic E-state index is 11.2. The van der Waals surface area contributed by atoms with E-state index in [0.29, 0.717) is 18.1 Å². The molecule has 4 nitrogen and oxygen atoms in total. The highest BCUT2D eigenvalue weighted by Crippen LogP contribution is 2.22. The van der Waals surface area contributed by atoms with Crippen LogP contribution < -0.4 is 10.1 Å². The number of esters is 1. The highest BCUT2D eigenvalue weighted by molar-refractivity contribution is 14.1. The number of alkyl halides is 1. The first-order valence-electron chi connectivity index (χ1n) is 5.33. The van der Waals surface area contributed by atoms with Crippen LogP contribution in [0.4, 0.5) is 0 Å². The van der Waals surface area contributed by atoms with E-state index in [9.17, 15) is 4.79 Å². The number of carbonyl (C=O) groups is 1. The first-order valence-corrected chi connectivity index (χ1v) is 6.96. The Labute approximate surface area is 125 Å². The summed E-state index contributed by atoms with van der Waals surface area (Å²) in [5.41, 5.74) is 0.957.